The lowest BCUT2D eigenvalue weighted by Gasteiger charge is -2.38. The van der Waals surface area contributed by atoms with E-state index in [1.807, 2.05) is 36.9 Å². The molecular weight excluding hydrogens is 621 g/mol. The molecule has 0 fully saturated rings. The van der Waals surface area contributed by atoms with Crippen LogP contribution in [-0.4, -0.2) is 9.97 Å². The van der Waals surface area contributed by atoms with Gasteiger partial charge in [-0.1, -0.05) is 80.9 Å². The topological polar surface area (TPSA) is 41.1 Å². The van der Waals surface area contributed by atoms with Crippen LogP contribution in [0.5, 0.6) is 0 Å². The number of hydrogen-bond donors (Lipinski definition) is 1. The van der Waals surface area contributed by atoms with Crippen LogP contribution >= 0.6 is 0 Å². The Balaban J connectivity index is 1.51. The molecule has 0 unspecified atom stereocenters. The highest BCUT2D eigenvalue weighted by Gasteiger charge is 2.34. The molecule has 0 radical (unpaired) electrons. The average Bonchev–Trinajstić information content (AvgIpc) is 3.13. The molecule has 7 aromatic rings. The van der Waals surface area contributed by atoms with Crippen molar-refractivity contribution in [2.75, 3.05) is 10.2 Å². The van der Waals surface area contributed by atoms with Gasteiger partial charge >= 0.3 is 0 Å². The molecule has 0 saturated heterocycles. The van der Waals surface area contributed by atoms with Crippen LogP contribution in [0.25, 0.3) is 33.2 Å². The Labute approximate surface area is 301 Å². The van der Waals surface area contributed by atoms with Gasteiger partial charge in [-0.15, -0.1) is 0 Å². The van der Waals surface area contributed by atoms with E-state index in [0.29, 0.717) is 0 Å². The number of pyridine rings is 2. The van der Waals surface area contributed by atoms with Gasteiger partial charge in [0, 0.05) is 52.9 Å². The van der Waals surface area contributed by atoms with Gasteiger partial charge in [-0.05, 0) is 143 Å². The van der Waals surface area contributed by atoms with E-state index in [1.165, 1.54) is 66.2 Å². The molecule has 0 bridgehead atoms. The second-order valence-electron chi connectivity index (χ2n) is 14.6. The van der Waals surface area contributed by atoms with Crippen LogP contribution in [0.2, 0.25) is 0 Å². The predicted molar refractivity (Wildman–Crippen MR) is 217 cm³/mol. The Bertz CT molecular complexity index is 2430. The first-order chi connectivity index (χ1) is 24.8. The number of rotatable bonds is 7. The third kappa shape index (κ3) is 6.16. The number of aryl methyl sites for hydroxylation is 4. The Morgan fingerprint density at radius 2 is 1.41 bits per heavy atom. The Morgan fingerprint density at radius 3 is 2.14 bits per heavy atom. The van der Waals surface area contributed by atoms with Crippen LogP contribution in [0.15, 0.2) is 128 Å². The zero-order valence-corrected chi connectivity index (χ0v) is 30.2. The largest absolute Gasteiger partial charge is 0.355 e. The van der Waals surface area contributed by atoms with Gasteiger partial charge in [0.05, 0.1) is 5.69 Å². The van der Waals surface area contributed by atoms with Crippen molar-refractivity contribution in [1.29, 1.82) is 0 Å². The fourth-order valence-corrected chi connectivity index (χ4v) is 7.93. The molecule has 4 heteroatoms. The molecule has 0 amide bonds. The number of nitrogens with zero attached hydrogens (tertiary/aromatic N) is 3. The van der Waals surface area contributed by atoms with Crippen molar-refractivity contribution in [3.63, 3.8) is 0 Å². The minimum absolute atomic E-state index is 0.0187. The molecule has 1 aliphatic rings. The van der Waals surface area contributed by atoms with E-state index in [-0.39, 0.29) is 5.41 Å². The third-order valence-corrected chi connectivity index (χ3v) is 10.5. The summed E-state index contributed by atoms with van der Waals surface area (Å²) < 4.78 is 0. The zero-order chi connectivity index (χ0) is 35.1. The minimum atomic E-state index is -0.0187. The highest BCUT2D eigenvalue weighted by atomic mass is 15.1. The maximum atomic E-state index is 4.40. The van der Waals surface area contributed by atoms with Gasteiger partial charge in [0.15, 0.2) is 0 Å². The van der Waals surface area contributed by atoms with Crippen molar-refractivity contribution >= 4 is 61.6 Å². The first kappa shape index (κ1) is 32.5. The lowest BCUT2D eigenvalue weighted by Crippen LogP contribution is -2.22. The molecule has 5 aromatic carbocycles. The molecule has 2 aromatic heterocycles. The number of hydrogen-bond acceptors (Lipinski definition) is 4. The minimum Gasteiger partial charge on any atom is -0.355 e. The highest BCUT2D eigenvalue weighted by Crippen LogP contribution is 2.53. The van der Waals surface area contributed by atoms with Crippen LogP contribution in [0.4, 0.5) is 28.4 Å². The van der Waals surface area contributed by atoms with Gasteiger partial charge in [-0.3, -0.25) is 9.97 Å². The second-order valence-corrected chi connectivity index (χ2v) is 14.6. The number of anilines is 5. The van der Waals surface area contributed by atoms with Gasteiger partial charge in [-0.25, -0.2) is 0 Å². The van der Waals surface area contributed by atoms with Crippen molar-refractivity contribution in [3.8, 4) is 0 Å². The highest BCUT2D eigenvalue weighted by molar-refractivity contribution is 6.20. The van der Waals surface area contributed by atoms with Gasteiger partial charge in [0.1, 0.15) is 0 Å². The van der Waals surface area contributed by atoms with Gasteiger partial charge in [0.2, 0.25) is 0 Å². The van der Waals surface area contributed by atoms with Crippen LogP contribution in [0.1, 0.15) is 60.6 Å². The van der Waals surface area contributed by atoms with Crippen LogP contribution in [0, 0.1) is 19.3 Å². The van der Waals surface area contributed by atoms with Crippen molar-refractivity contribution in [2.45, 2.75) is 53.9 Å². The van der Waals surface area contributed by atoms with Crippen molar-refractivity contribution < 1.29 is 0 Å². The SMILES string of the molecule is CCc1cc(Nc2ccncc2)cc2c1ccc1c(N(c3ccncc3)c3cccc(C)c3)cc3c(c12)/C(=C/c1cccc(C)c1)C(C)(C)CC3. The maximum absolute atomic E-state index is 4.40. The van der Waals surface area contributed by atoms with E-state index in [9.17, 15) is 0 Å². The van der Waals surface area contributed by atoms with Crippen molar-refractivity contribution in [1.82, 2.24) is 9.97 Å². The Morgan fingerprint density at radius 1 is 0.706 bits per heavy atom. The summed E-state index contributed by atoms with van der Waals surface area (Å²) in [5, 5.41) is 8.83. The van der Waals surface area contributed by atoms with E-state index in [1.54, 1.807) is 0 Å². The van der Waals surface area contributed by atoms with Crippen molar-refractivity contribution in [2.24, 2.45) is 5.41 Å². The average molecular weight is 665 g/mol. The summed E-state index contributed by atoms with van der Waals surface area (Å²) in [4.78, 5) is 11.1. The van der Waals surface area contributed by atoms with Gasteiger partial charge in [-0.2, -0.15) is 0 Å². The molecule has 1 aliphatic carbocycles. The number of benzene rings is 5. The summed E-state index contributed by atoms with van der Waals surface area (Å²) in [6, 6.07) is 37.9. The first-order valence-electron chi connectivity index (χ1n) is 18.1. The van der Waals surface area contributed by atoms with E-state index in [4.69, 9.17) is 0 Å². The van der Waals surface area contributed by atoms with E-state index in [2.05, 4.69) is 152 Å². The van der Waals surface area contributed by atoms with Gasteiger partial charge < -0.3 is 10.2 Å². The summed E-state index contributed by atoms with van der Waals surface area (Å²) in [6.07, 6.45) is 12.9. The molecule has 2 heterocycles. The second kappa shape index (κ2) is 13.2. The summed E-state index contributed by atoms with van der Waals surface area (Å²) in [5.74, 6) is 0. The third-order valence-electron chi connectivity index (χ3n) is 10.5. The number of allylic oxidation sites excluding steroid dienone is 1. The van der Waals surface area contributed by atoms with Crippen molar-refractivity contribution in [3.05, 3.63) is 161 Å². The number of nitrogens with one attached hydrogen (secondary N) is 1. The van der Waals surface area contributed by atoms with Crippen LogP contribution < -0.4 is 10.2 Å². The lowest BCUT2D eigenvalue weighted by atomic mass is 9.68. The number of fused-ring (bicyclic) bond motifs is 5. The summed E-state index contributed by atoms with van der Waals surface area (Å²) >= 11 is 0. The van der Waals surface area contributed by atoms with Gasteiger partial charge in [0.25, 0.3) is 0 Å². The zero-order valence-electron chi connectivity index (χ0n) is 30.2. The molecule has 0 atom stereocenters. The maximum Gasteiger partial charge on any atom is 0.0543 e. The fourth-order valence-electron chi connectivity index (χ4n) is 7.93. The van der Waals surface area contributed by atoms with E-state index < -0.39 is 0 Å². The first-order valence-corrected chi connectivity index (χ1v) is 18.1. The van der Waals surface area contributed by atoms with E-state index >= 15 is 0 Å². The van der Waals surface area contributed by atoms with Crippen LogP contribution in [-0.2, 0) is 12.8 Å². The molecule has 0 spiro atoms. The lowest BCUT2D eigenvalue weighted by molar-refractivity contribution is 0.446. The summed E-state index contributed by atoms with van der Waals surface area (Å²) in [6.45, 7) is 11.5. The van der Waals surface area contributed by atoms with E-state index in [0.717, 1.165) is 42.0 Å². The molecule has 4 nitrogen and oxygen atoms in total. The molecule has 51 heavy (non-hydrogen) atoms. The predicted octanol–water partition coefficient (Wildman–Crippen LogP) is 12.7. The quantitative estimate of drug-likeness (QED) is 0.172. The molecule has 1 N–H and O–H groups in total. The molecule has 8 rings (SSSR count). The standard InChI is InChI=1S/C47H44N4/c1-6-34-28-37(50-36-16-21-48-22-17-36)30-42-40(34)13-14-41-44(51(38-18-23-49-24-19-38)39-12-8-10-32(3)26-39)29-35-15-20-47(4,5)43(45(35)46(41)42)27-33-11-7-9-31(2)25-33/h7-14,16-19,21-30H,6,15,20H2,1-5H3,(H,48,50)/b43-27-. The smallest absolute Gasteiger partial charge is 0.0543 e. The normalized spacial score (nSPS) is 14.5. The summed E-state index contributed by atoms with van der Waals surface area (Å²) in [5.41, 5.74) is 14.7. The summed E-state index contributed by atoms with van der Waals surface area (Å²) in [7, 11) is 0. The Kier molecular flexibility index (Phi) is 8.39. The molecule has 0 saturated carbocycles. The Hall–Kier alpha value is -5.74. The van der Waals surface area contributed by atoms with Crippen LogP contribution in [0.3, 0.4) is 0 Å². The molecular formula is C47H44N4. The monoisotopic (exact) mass is 664 g/mol. The fraction of sp³-hybridized carbons (Fsp3) is 0.191. The molecule has 0 aliphatic heterocycles. The molecule has 252 valence electrons. The number of aromatic nitrogens is 2.